The molecule has 0 aliphatic carbocycles. The Morgan fingerprint density at radius 1 is 1.88 bits per heavy atom. The van der Waals surface area contributed by atoms with Gasteiger partial charge in [-0.3, -0.25) is 0 Å². The molecule has 1 aromatic heterocycles. The normalized spacial score (nSPS) is 9.75. The van der Waals surface area contributed by atoms with Gasteiger partial charge in [0.2, 0.25) is 0 Å². The molecule has 44 valence electrons. The van der Waals surface area contributed by atoms with E-state index in [4.69, 9.17) is 11.6 Å². The van der Waals surface area contributed by atoms with Gasteiger partial charge in [-0.25, -0.2) is 4.98 Å². The molecule has 0 aromatic carbocycles. The molecular weight excluding hydrogens is 142 g/mol. The molecule has 0 amide bonds. The molecule has 1 aromatic rings. The van der Waals surface area contributed by atoms with Gasteiger partial charge in [0.15, 0.2) is 0 Å². The van der Waals surface area contributed by atoms with Gasteiger partial charge in [0, 0.05) is 0 Å². The second-order valence-corrected chi connectivity index (χ2v) is 3.16. The van der Waals surface area contributed by atoms with Crippen molar-refractivity contribution in [2.45, 2.75) is 13.3 Å². The fourth-order valence-electron chi connectivity index (χ4n) is 0.451. The molecule has 8 heavy (non-hydrogen) atoms. The molecule has 0 atom stereocenters. The summed E-state index contributed by atoms with van der Waals surface area (Å²) in [5.74, 6) is 0. The molecule has 1 rings (SSSR count). The lowest BCUT2D eigenvalue weighted by molar-refractivity contribution is 1.09. The largest absolute Gasteiger partial charge is 0.248 e. The highest BCUT2D eigenvalue weighted by Gasteiger charge is 1.93. The van der Waals surface area contributed by atoms with E-state index in [2.05, 4.69) is 11.9 Å². The number of hydrogen-bond acceptors (Lipinski definition) is 2. The fraction of sp³-hybridized carbons (Fsp3) is 0.400. The third kappa shape index (κ3) is 1.20. The number of aromatic nitrogens is 1. The molecular formula is C5H6ClNS. The molecule has 0 spiro atoms. The van der Waals surface area contributed by atoms with Crippen LogP contribution in [0.3, 0.4) is 0 Å². The van der Waals surface area contributed by atoms with Crippen LogP contribution >= 0.6 is 22.9 Å². The number of nitrogens with zero attached hydrogens (tertiary/aromatic N) is 1. The summed E-state index contributed by atoms with van der Waals surface area (Å²) >= 11 is 7.14. The highest BCUT2D eigenvalue weighted by atomic mass is 35.5. The summed E-state index contributed by atoms with van der Waals surface area (Å²) in [5, 5.41) is 1.11. The molecule has 0 unspecified atom stereocenters. The zero-order valence-corrected chi connectivity index (χ0v) is 6.09. The molecule has 0 N–H and O–H groups in total. The average Bonchev–Trinajstić information content (AvgIpc) is 2.14. The molecule has 0 radical (unpaired) electrons. The Labute approximate surface area is 57.3 Å². The Bertz CT molecular complexity index is 173. The van der Waals surface area contributed by atoms with Crippen molar-refractivity contribution >= 4 is 22.9 Å². The van der Waals surface area contributed by atoms with Gasteiger partial charge in [0.05, 0.1) is 11.2 Å². The van der Waals surface area contributed by atoms with E-state index in [1.807, 2.05) is 0 Å². The number of aryl methyl sites for hydroxylation is 1. The van der Waals surface area contributed by atoms with E-state index in [-0.39, 0.29) is 0 Å². The quantitative estimate of drug-likeness (QED) is 0.595. The van der Waals surface area contributed by atoms with Crippen LogP contribution in [-0.2, 0) is 6.42 Å². The summed E-state index contributed by atoms with van der Waals surface area (Å²) in [6.45, 7) is 2.06. The van der Waals surface area contributed by atoms with Crippen LogP contribution in [0.5, 0.6) is 0 Å². The standard InChI is InChI=1S/C5H6ClNS/c1-2-5-7-3-4(6)8-5/h3H,2H2,1H3. The molecule has 0 saturated heterocycles. The van der Waals surface area contributed by atoms with E-state index < -0.39 is 0 Å². The predicted octanol–water partition coefficient (Wildman–Crippen LogP) is 2.36. The van der Waals surface area contributed by atoms with E-state index in [9.17, 15) is 0 Å². The van der Waals surface area contributed by atoms with Crippen molar-refractivity contribution < 1.29 is 0 Å². The average molecular weight is 148 g/mol. The second kappa shape index (κ2) is 2.46. The predicted molar refractivity (Wildman–Crippen MR) is 36.5 cm³/mol. The van der Waals surface area contributed by atoms with Crippen LogP contribution in [0.1, 0.15) is 11.9 Å². The Hall–Kier alpha value is -0.0800. The Morgan fingerprint density at radius 2 is 2.62 bits per heavy atom. The molecule has 0 fully saturated rings. The van der Waals surface area contributed by atoms with E-state index in [1.165, 1.54) is 0 Å². The van der Waals surface area contributed by atoms with Gasteiger partial charge >= 0.3 is 0 Å². The van der Waals surface area contributed by atoms with Crippen molar-refractivity contribution in [1.82, 2.24) is 4.98 Å². The molecule has 3 heteroatoms. The van der Waals surface area contributed by atoms with Crippen molar-refractivity contribution in [1.29, 1.82) is 0 Å². The fourth-order valence-corrected chi connectivity index (χ4v) is 1.35. The van der Waals surface area contributed by atoms with Gasteiger partial charge in [-0.05, 0) is 6.42 Å². The van der Waals surface area contributed by atoms with Crippen molar-refractivity contribution in [2.75, 3.05) is 0 Å². The lowest BCUT2D eigenvalue weighted by Crippen LogP contribution is -1.70. The summed E-state index contributed by atoms with van der Waals surface area (Å²) < 4.78 is 0.779. The van der Waals surface area contributed by atoms with Gasteiger partial charge < -0.3 is 0 Å². The summed E-state index contributed by atoms with van der Waals surface area (Å²) in [6, 6.07) is 0. The topological polar surface area (TPSA) is 12.9 Å². The van der Waals surface area contributed by atoms with Gasteiger partial charge in [-0.15, -0.1) is 11.3 Å². The van der Waals surface area contributed by atoms with E-state index in [1.54, 1.807) is 17.5 Å². The van der Waals surface area contributed by atoms with Crippen LogP contribution in [0, 0.1) is 0 Å². The van der Waals surface area contributed by atoms with E-state index in [0.29, 0.717) is 0 Å². The van der Waals surface area contributed by atoms with Gasteiger partial charge in [0.25, 0.3) is 0 Å². The maximum absolute atomic E-state index is 5.60. The first-order valence-corrected chi connectivity index (χ1v) is 3.62. The molecule has 0 aliphatic heterocycles. The summed E-state index contributed by atoms with van der Waals surface area (Å²) in [5.41, 5.74) is 0. The third-order valence-electron chi connectivity index (χ3n) is 0.828. The summed E-state index contributed by atoms with van der Waals surface area (Å²) in [4.78, 5) is 4.02. The molecule has 0 saturated carbocycles. The minimum atomic E-state index is 0.779. The van der Waals surface area contributed by atoms with Crippen LogP contribution in [0.25, 0.3) is 0 Å². The van der Waals surface area contributed by atoms with Crippen LogP contribution in [0.4, 0.5) is 0 Å². The van der Waals surface area contributed by atoms with Crippen LogP contribution < -0.4 is 0 Å². The molecule has 0 aliphatic rings. The minimum Gasteiger partial charge on any atom is -0.248 e. The molecule has 0 bridgehead atoms. The van der Waals surface area contributed by atoms with Crippen molar-refractivity contribution in [3.05, 3.63) is 15.5 Å². The molecule has 1 nitrogen and oxygen atoms in total. The Kier molecular flexibility index (Phi) is 1.86. The lowest BCUT2D eigenvalue weighted by Gasteiger charge is -1.77. The zero-order chi connectivity index (χ0) is 5.98. The van der Waals surface area contributed by atoms with Crippen molar-refractivity contribution in [3.8, 4) is 0 Å². The Balaban J connectivity index is 2.84. The summed E-state index contributed by atoms with van der Waals surface area (Å²) in [6.07, 6.45) is 2.67. The Morgan fingerprint density at radius 3 is 2.88 bits per heavy atom. The number of rotatable bonds is 1. The van der Waals surface area contributed by atoms with Gasteiger partial charge in [-0.2, -0.15) is 0 Å². The first-order valence-electron chi connectivity index (χ1n) is 2.43. The van der Waals surface area contributed by atoms with Crippen LogP contribution in [-0.4, -0.2) is 4.98 Å². The number of thiazole rings is 1. The zero-order valence-electron chi connectivity index (χ0n) is 4.52. The van der Waals surface area contributed by atoms with Crippen LogP contribution in [0.15, 0.2) is 6.20 Å². The lowest BCUT2D eigenvalue weighted by atomic mass is 10.5. The maximum Gasteiger partial charge on any atom is 0.113 e. The van der Waals surface area contributed by atoms with E-state index in [0.717, 1.165) is 15.8 Å². The van der Waals surface area contributed by atoms with Crippen LogP contribution in [0.2, 0.25) is 4.34 Å². The minimum absolute atomic E-state index is 0.779. The summed E-state index contributed by atoms with van der Waals surface area (Å²) in [7, 11) is 0. The van der Waals surface area contributed by atoms with E-state index >= 15 is 0 Å². The number of halogens is 1. The monoisotopic (exact) mass is 147 g/mol. The highest BCUT2D eigenvalue weighted by Crippen LogP contribution is 2.17. The second-order valence-electron chi connectivity index (χ2n) is 1.41. The third-order valence-corrected chi connectivity index (χ3v) is 2.09. The SMILES string of the molecule is CCc1ncc(Cl)s1. The first kappa shape index (κ1) is 6.05. The van der Waals surface area contributed by atoms with Crippen molar-refractivity contribution in [3.63, 3.8) is 0 Å². The van der Waals surface area contributed by atoms with Gasteiger partial charge in [-0.1, -0.05) is 18.5 Å². The highest BCUT2D eigenvalue weighted by molar-refractivity contribution is 7.15. The smallest absolute Gasteiger partial charge is 0.113 e. The molecule has 1 heterocycles. The number of hydrogen-bond donors (Lipinski definition) is 0. The van der Waals surface area contributed by atoms with Crippen molar-refractivity contribution in [2.24, 2.45) is 0 Å². The maximum atomic E-state index is 5.60. The first-order chi connectivity index (χ1) is 3.83. The van der Waals surface area contributed by atoms with Gasteiger partial charge in [0.1, 0.15) is 4.34 Å².